The third kappa shape index (κ3) is 12.1. The molecule has 0 aromatic rings. The first kappa shape index (κ1) is 36.5. The van der Waals surface area contributed by atoms with Gasteiger partial charge in [0, 0.05) is 13.1 Å². The van der Waals surface area contributed by atoms with Gasteiger partial charge in [0.2, 0.25) is 29.5 Å². The van der Waals surface area contributed by atoms with Crippen LogP contribution in [-0.4, -0.2) is 124 Å². The van der Waals surface area contributed by atoms with Gasteiger partial charge in [0.1, 0.15) is 30.2 Å². The van der Waals surface area contributed by atoms with Gasteiger partial charge in [-0.05, 0) is 39.5 Å². The molecule has 1 heterocycles. The summed E-state index contributed by atoms with van der Waals surface area (Å²) in [4.78, 5) is 91.2. The van der Waals surface area contributed by atoms with Gasteiger partial charge in [-0.15, -0.1) is 0 Å². The van der Waals surface area contributed by atoms with E-state index < -0.39 is 90.8 Å². The minimum absolute atomic E-state index is 0.0707. The number of aliphatic hydroxyl groups is 1. The summed E-state index contributed by atoms with van der Waals surface area (Å²) in [7, 11) is 0. The topological polar surface area (TPSA) is 322 Å². The molecule has 0 aromatic heterocycles. The van der Waals surface area contributed by atoms with Crippen molar-refractivity contribution in [2.24, 2.45) is 22.2 Å². The molecule has 1 saturated heterocycles. The SMILES string of the molecule is C[C@H](NC(=O)[C@H](CCCN=C(N)N)NC(=O)CN)C(=O)N[C@@H](CC(=O)O)C(=O)N[C@H](C(=O)N1CCC[C@H]1C(=O)O)[C@@H](C)O. The Balaban J connectivity index is 2.97. The molecule has 13 N–H and O–H groups in total. The van der Waals surface area contributed by atoms with Gasteiger partial charge in [0.25, 0.3) is 0 Å². The highest BCUT2D eigenvalue weighted by atomic mass is 16.4. The summed E-state index contributed by atoms with van der Waals surface area (Å²) in [6.07, 6.45) is -1.52. The van der Waals surface area contributed by atoms with Crippen molar-refractivity contribution < 1.29 is 48.9 Å². The average molecular weight is 616 g/mol. The lowest BCUT2D eigenvalue weighted by Crippen LogP contribution is -2.60. The first-order chi connectivity index (χ1) is 20.1. The third-order valence-corrected chi connectivity index (χ3v) is 6.41. The monoisotopic (exact) mass is 615 g/mol. The van der Waals surface area contributed by atoms with E-state index in [-0.39, 0.29) is 38.3 Å². The molecule has 6 atom stereocenters. The van der Waals surface area contributed by atoms with Gasteiger partial charge < -0.3 is 58.7 Å². The third-order valence-electron chi connectivity index (χ3n) is 6.41. The molecule has 5 amide bonds. The van der Waals surface area contributed by atoms with Gasteiger partial charge >= 0.3 is 11.9 Å². The van der Waals surface area contributed by atoms with Crippen molar-refractivity contribution >= 4 is 47.4 Å². The number of amides is 5. The Morgan fingerprint density at radius 1 is 0.930 bits per heavy atom. The fourth-order valence-corrected chi connectivity index (χ4v) is 4.19. The predicted molar refractivity (Wildman–Crippen MR) is 149 cm³/mol. The molecule has 242 valence electrons. The largest absolute Gasteiger partial charge is 0.481 e. The molecule has 1 aliphatic heterocycles. The van der Waals surface area contributed by atoms with Crippen molar-refractivity contribution in [3.05, 3.63) is 0 Å². The Labute approximate surface area is 247 Å². The summed E-state index contributed by atoms with van der Waals surface area (Å²) in [5, 5.41) is 38.0. The number of carboxylic acid groups (broad SMARTS) is 2. The zero-order valence-electron chi connectivity index (χ0n) is 23.9. The molecule has 19 heteroatoms. The number of nitrogens with one attached hydrogen (secondary N) is 4. The molecule has 19 nitrogen and oxygen atoms in total. The second-order valence-electron chi connectivity index (χ2n) is 9.92. The van der Waals surface area contributed by atoms with E-state index >= 15 is 0 Å². The zero-order valence-corrected chi connectivity index (χ0v) is 23.9. The number of carbonyl (C=O) groups is 7. The summed E-state index contributed by atoms with van der Waals surface area (Å²) in [6.45, 7) is 2.23. The van der Waals surface area contributed by atoms with Crippen LogP contribution in [0.1, 0.15) is 46.0 Å². The number of aliphatic imine (C=N–C) groups is 1. The van der Waals surface area contributed by atoms with Crippen LogP contribution in [0.4, 0.5) is 0 Å². The maximum absolute atomic E-state index is 13.0. The summed E-state index contributed by atoms with van der Waals surface area (Å²) in [5.74, 6) is -7.37. The number of guanidine groups is 1. The molecule has 43 heavy (non-hydrogen) atoms. The number of hydrogen-bond donors (Lipinski definition) is 10. The van der Waals surface area contributed by atoms with Crippen LogP contribution < -0.4 is 38.5 Å². The lowest BCUT2D eigenvalue weighted by molar-refractivity contribution is -0.151. The van der Waals surface area contributed by atoms with Crippen LogP contribution in [0, 0.1) is 0 Å². The van der Waals surface area contributed by atoms with E-state index in [1.54, 1.807) is 0 Å². The molecule has 0 bridgehead atoms. The average Bonchev–Trinajstić information content (AvgIpc) is 3.42. The minimum atomic E-state index is -1.75. The van der Waals surface area contributed by atoms with E-state index in [0.717, 1.165) is 4.90 Å². The Bertz CT molecular complexity index is 1080. The molecule has 0 spiro atoms. The van der Waals surface area contributed by atoms with Gasteiger partial charge in [0.15, 0.2) is 5.96 Å². The standard InChI is InChI=1S/C24H41N9O10/c1-11(29-20(39)13(30-16(35)10-25)5-3-7-28-24(26)27)19(38)31-14(9-17(36)37)21(40)32-18(12(2)34)22(41)33-8-4-6-15(33)23(42)43/h11-15,18,34H,3-10,25H2,1-2H3,(H,29,39)(H,30,35)(H,31,38)(H,32,40)(H,36,37)(H,42,43)(H4,26,27,28)/t11-,12+,13-,14-,15-,18-/m0/s1. The zero-order chi connectivity index (χ0) is 32.9. The van der Waals surface area contributed by atoms with Gasteiger partial charge in [-0.1, -0.05) is 0 Å². The second kappa shape index (κ2) is 17.4. The molecular weight excluding hydrogens is 574 g/mol. The summed E-state index contributed by atoms with van der Waals surface area (Å²) < 4.78 is 0. The number of nitrogens with two attached hydrogens (primary N) is 3. The van der Waals surface area contributed by atoms with E-state index in [4.69, 9.17) is 17.2 Å². The van der Waals surface area contributed by atoms with Gasteiger partial charge in [-0.3, -0.25) is 33.8 Å². The Morgan fingerprint density at radius 2 is 1.56 bits per heavy atom. The molecule has 0 aliphatic carbocycles. The lowest BCUT2D eigenvalue weighted by Gasteiger charge is -2.30. The quantitative estimate of drug-likeness (QED) is 0.0416. The van der Waals surface area contributed by atoms with Crippen LogP contribution >= 0.6 is 0 Å². The lowest BCUT2D eigenvalue weighted by atomic mass is 10.1. The summed E-state index contributed by atoms with van der Waals surface area (Å²) >= 11 is 0. The fourth-order valence-electron chi connectivity index (χ4n) is 4.19. The molecule has 0 unspecified atom stereocenters. The first-order valence-corrected chi connectivity index (χ1v) is 13.5. The van der Waals surface area contributed by atoms with Crippen molar-refractivity contribution in [2.45, 2.75) is 82.3 Å². The van der Waals surface area contributed by atoms with Crippen LogP contribution in [-0.2, 0) is 33.6 Å². The number of carbonyl (C=O) groups excluding carboxylic acids is 5. The Kier molecular flexibility index (Phi) is 14.8. The van der Waals surface area contributed by atoms with Crippen molar-refractivity contribution in [3.8, 4) is 0 Å². The van der Waals surface area contributed by atoms with Crippen LogP contribution in [0.15, 0.2) is 4.99 Å². The van der Waals surface area contributed by atoms with E-state index in [9.17, 15) is 48.9 Å². The molecule has 0 saturated carbocycles. The van der Waals surface area contributed by atoms with Crippen LogP contribution in [0.2, 0.25) is 0 Å². The molecular formula is C24H41N9O10. The number of carboxylic acids is 2. The summed E-state index contributed by atoms with van der Waals surface area (Å²) in [5.41, 5.74) is 15.8. The van der Waals surface area contributed by atoms with Crippen LogP contribution in [0.5, 0.6) is 0 Å². The molecule has 1 aliphatic rings. The van der Waals surface area contributed by atoms with Crippen LogP contribution in [0.3, 0.4) is 0 Å². The maximum atomic E-state index is 13.0. The van der Waals surface area contributed by atoms with E-state index in [1.807, 2.05) is 0 Å². The number of aliphatic carboxylic acids is 2. The molecule has 1 fully saturated rings. The smallest absolute Gasteiger partial charge is 0.326 e. The van der Waals surface area contributed by atoms with Crippen molar-refractivity contribution in [1.82, 2.24) is 26.2 Å². The predicted octanol–water partition coefficient (Wildman–Crippen LogP) is -5.11. The fraction of sp³-hybridized carbons (Fsp3) is 0.667. The number of rotatable bonds is 17. The first-order valence-electron chi connectivity index (χ1n) is 13.5. The molecule has 0 aromatic carbocycles. The number of likely N-dealkylation sites (tertiary alicyclic amines) is 1. The van der Waals surface area contributed by atoms with Gasteiger partial charge in [-0.2, -0.15) is 0 Å². The highest BCUT2D eigenvalue weighted by molar-refractivity contribution is 5.97. The van der Waals surface area contributed by atoms with Gasteiger partial charge in [0.05, 0.1) is 19.1 Å². The highest BCUT2D eigenvalue weighted by Crippen LogP contribution is 2.19. The van der Waals surface area contributed by atoms with E-state index in [2.05, 4.69) is 26.3 Å². The number of hydrogen-bond acceptors (Lipinski definition) is 10. The van der Waals surface area contributed by atoms with Crippen molar-refractivity contribution in [3.63, 3.8) is 0 Å². The molecule has 1 rings (SSSR count). The van der Waals surface area contributed by atoms with E-state index in [1.165, 1.54) is 13.8 Å². The number of nitrogens with zero attached hydrogens (tertiary/aromatic N) is 2. The normalized spacial score (nSPS) is 17.8. The Hall–Kier alpha value is -4.52. The Morgan fingerprint density at radius 3 is 2.09 bits per heavy atom. The van der Waals surface area contributed by atoms with Crippen molar-refractivity contribution in [1.29, 1.82) is 0 Å². The second-order valence-corrected chi connectivity index (χ2v) is 9.92. The molecule has 0 radical (unpaired) electrons. The van der Waals surface area contributed by atoms with Crippen LogP contribution in [0.25, 0.3) is 0 Å². The maximum Gasteiger partial charge on any atom is 0.326 e. The number of aliphatic hydroxyl groups excluding tert-OH is 1. The highest BCUT2D eigenvalue weighted by Gasteiger charge is 2.40. The van der Waals surface area contributed by atoms with Gasteiger partial charge in [-0.25, -0.2) is 4.79 Å². The minimum Gasteiger partial charge on any atom is -0.481 e. The van der Waals surface area contributed by atoms with Crippen molar-refractivity contribution in [2.75, 3.05) is 19.6 Å². The summed E-state index contributed by atoms with van der Waals surface area (Å²) in [6, 6.07) is -7.00. The van der Waals surface area contributed by atoms with E-state index in [0.29, 0.717) is 6.42 Å².